The number of nitro groups is 1. The molecule has 0 aliphatic carbocycles. The average Bonchev–Trinajstić information content (AvgIpc) is 2.30. The van der Waals surface area contributed by atoms with Gasteiger partial charge < -0.3 is 4.74 Å². The lowest BCUT2D eigenvalue weighted by molar-refractivity contribution is -0.384. The highest BCUT2D eigenvalue weighted by Gasteiger charge is 2.18. The highest BCUT2D eigenvalue weighted by molar-refractivity contribution is 6.33. The summed E-state index contributed by atoms with van der Waals surface area (Å²) in [4.78, 5) is 31.8. The SMILES string of the molecule is COC(=O)Cc1cc([N+](=O)[O-])c(Cl)cc1C=O. The van der Waals surface area contributed by atoms with E-state index in [1.54, 1.807) is 0 Å². The molecule has 0 bridgehead atoms. The van der Waals surface area contributed by atoms with Gasteiger partial charge in [-0.2, -0.15) is 0 Å². The third-order valence-corrected chi connectivity index (χ3v) is 2.40. The largest absolute Gasteiger partial charge is 0.469 e. The Morgan fingerprint density at radius 3 is 2.71 bits per heavy atom. The van der Waals surface area contributed by atoms with Crippen molar-refractivity contribution in [2.75, 3.05) is 7.11 Å². The molecule has 0 spiro atoms. The quantitative estimate of drug-likeness (QED) is 0.355. The summed E-state index contributed by atoms with van der Waals surface area (Å²) in [6, 6.07) is 2.26. The number of nitrogens with zero attached hydrogens (tertiary/aromatic N) is 1. The second-order valence-corrected chi connectivity index (χ2v) is 3.54. The lowest BCUT2D eigenvalue weighted by Gasteiger charge is -2.04. The third-order valence-electron chi connectivity index (χ3n) is 2.09. The van der Waals surface area contributed by atoms with Crippen molar-refractivity contribution in [1.82, 2.24) is 0 Å². The van der Waals surface area contributed by atoms with E-state index < -0.39 is 10.9 Å². The molecule has 0 amide bonds. The summed E-state index contributed by atoms with van der Waals surface area (Å²) in [6.45, 7) is 0. The van der Waals surface area contributed by atoms with Crippen LogP contribution in [0.25, 0.3) is 0 Å². The first-order valence-electron chi connectivity index (χ1n) is 4.48. The van der Waals surface area contributed by atoms with E-state index in [-0.39, 0.29) is 28.3 Å². The van der Waals surface area contributed by atoms with Crippen LogP contribution in [0.5, 0.6) is 0 Å². The second-order valence-electron chi connectivity index (χ2n) is 3.13. The first kappa shape index (κ1) is 13.1. The second kappa shape index (κ2) is 5.40. The van der Waals surface area contributed by atoms with Crippen LogP contribution in [0.1, 0.15) is 15.9 Å². The minimum absolute atomic E-state index is 0.131. The minimum atomic E-state index is -0.683. The van der Waals surface area contributed by atoms with Gasteiger partial charge in [0.1, 0.15) is 11.3 Å². The molecule has 0 N–H and O–H groups in total. The Morgan fingerprint density at radius 1 is 1.59 bits per heavy atom. The summed E-state index contributed by atoms with van der Waals surface area (Å²) in [6.07, 6.45) is 0.260. The van der Waals surface area contributed by atoms with Crippen molar-refractivity contribution in [2.24, 2.45) is 0 Å². The van der Waals surface area contributed by atoms with Crippen molar-refractivity contribution < 1.29 is 19.2 Å². The number of halogens is 1. The van der Waals surface area contributed by atoms with Gasteiger partial charge in [0.25, 0.3) is 5.69 Å². The van der Waals surface area contributed by atoms with Crippen LogP contribution in [0.15, 0.2) is 12.1 Å². The fourth-order valence-corrected chi connectivity index (χ4v) is 1.49. The Labute approximate surface area is 101 Å². The van der Waals surface area contributed by atoms with E-state index in [0.717, 1.165) is 12.1 Å². The number of aldehydes is 1. The monoisotopic (exact) mass is 257 g/mol. The summed E-state index contributed by atoms with van der Waals surface area (Å²) in [7, 11) is 1.19. The Balaban J connectivity index is 3.26. The fourth-order valence-electron chi connectivity index (χ4n) is 1.25. The van der Waals surface area contributed by atoms with Gasteiger partial charge in [0, 0.05) is 11.6 Å². The molecule has 0 unspecified atom stereocenters. The topological polar surface area (TPSA) is 86.5 Å². The van der Waals surface area contributed by atoms with E-state index in [1.807, 2.05) is 0 Å². The molecule has 0 aliphatic rings. The van der Waals surface area contributed by atoms with Crippen LogP contribution in [0.3, 0.4) is 0 Å². The summed E-state index contributed by atoms with van der Waals surface area (Å²) >= 11 is 5.63. The maximum absolute atomic E-state index is 11.1. The number of methoxy groups -OCH3 is 1. The smallest absolute Gasteiger partial charge is 0.310 e. The predicted octanol–water partition coefficient (Wildman–Crippen LogP) is 1.78. The van der Waals surface area contributed by atoms with E-state index >= 15 is 0 Å². The molecule has 0 saturated carbocycles. The number of rotatable bonds is 4. The zero-order chi connectivity index (χ0) is 13.0. The zero-order valence-corrected chi connectivity index (χ0v) is 9.56. The number of carbonyl (C=O) groups is 2. The van der Waals surface area contributed by atoms with Gasteiger partial charge in [-0.05, 0) is 11.6 Å². The number of carbonyl (C=O) groups excluding carboxylic acids is 2. The molecule has 0 fully saturated rings. The maximum Gasteiger partial charge on any atom is 0.310 e. The molecule has 0 radical (unpaired) electrons. The molecule has 90 valence electrons. The first-order valence-corrected chi connectivity index (χ1v) is 4.86. The van der Waals surface area contributed by atoms with Gasteiger partial charge in [-0.15, -0.1) is 0 Å². The first-order chi connectivity index (χ1) is 7.99. The van der Waals surface area contributed by atoms with Gasteiger partial charge >= 0.3 is 5.97 Å². The van der Waals surface area contributed by atoms with E-state index in [9.17, 15) is 19.7 Å². The van der Waals surface area contributed by atoms with Crippen molar-refractivity contribution in [3.8, 4) is 0 Å². The van der Waals surface area contributed by atoms with Gasteiger partial charge in [0.15, 0.2) is 0 Å². The summed E-state index contributed by atoms with van der Waals surface area (Å²) < 4.78 is 4.43. The number of ether oxygens (including phenoxy) is 1. The number of hydrogen-bond acceptors (Lipinski definition) is 5. The van der Waals surface area contributed by atoms with Gasteiger partial charge in [-0.1, -0.05) is 11.6 Å². The van der Waals surface area contributed by atoms with E-state index in [0.29, 0.717) is 6.29 Å². The Bertz CT molecular complexity index is 486. The molecule has 0 aromatic heterocycles. The number of benzene rings is 1. The van der Waals surface area contributed by atoms with Crippen LogP contribution in [0.4, 0.5) is 5.69 Å². The van der Waals surface area contributed by atoms with Crippen LogP contribution in [-0.4, -0.2) is 24.3 Å². The molecule has 0 saturated heterocycles. The molecule has 1 aromatic carbocycles. The molecule has 0 atom stereocenters. The van der Waals surface area contributed by atoms with Crippen LogP contribution in [0.2, 0.25) is 5.02 Å². The minimum Gasteiger partial charge on any atom is -0.469 e. The molecule has 1 rings (SSSR count). The molecule has 6 nitrogen and oxygen atoms in total. The number of nitro benzene ring substituents is 1. The Hall–Kier alpha value is -1.95. The standard InChI is InChI=1S/C10H8ClNO5/c1-17-10(14)4-6-3-9(12(15)16)8(11)2-7(6)5-13/h2-3,5H,4H2,1H3. The lowest BCUT2D eigenvalue weighted by Crippen LogP contribution is -2.07. The van der Waals surface area contributed by atoms with Gasteiger partial charge in [-0.3, -0.25) is 19.7 Å². The molecule has 1 aromatic rings. The van der Waals surface area contributed by atoms with Crippen LogP contribution >= 0.6 is 11.6 Å². The Morgan fingerprint density at radius 2 is 2.24 bits per heavy atom. The maximum atomic E-state index is 11.1. The Kier molecular flexibility index (Phi) is 4.17. The highest BCUT2D eigenvalue weighted by Crippen LogP contribution is 2.27. The number of esters is 1. The lowest BCUT2D eigenvalue weighted by atomic mass is 10.0. The van der Waals surface area contributed by atoms with E-state index in [1.165, 1.54) is 7.11 Å². The summed E-state index contributed by atoms with van der Waals surface area (Å²) in [5, 5.41) is 10.5. The fraction of sp³-hybridized carbons (Fsp3) is 0.200. The normalized spacial score (nSPS) is 9.76. The third kappa shape index (κ3) is 3.01. The van der Waals surface area contributed by atoms with Crippen molar-refractivity contribution in [2.45, 2.75) is 6.42 Å². The molecule has 7 heteroatoms. The van der Waals surface area contributed by atoms with Crippen molar-refractivity contribution in [3.63, 3.8) is 0 Å². The summed E-state index contributed by atoms with van der Waals surface area (Å²) in [5.41, 5.74) is -0.00915. The van der Waals surface area contributed by atoms with Crippen LogP contribution in [0, 0.1) is 10.1 Å². The van der Waals surface area contributed by atoms with Gasteiger partial charge in [-0.25, -0.2) is 0 Å². The van der Waals surface area contributed by atoms with Crippen molar-refractivity contribution >= 4 is 29.5 Å². The number of hydrogen-bond donors (Lipinski definition) is 0. The van der Waals surface area contributed by atoms with Crippen LogP contribution < -0.4 is 0 Å². The van der Waals surface area contributed by atoms with Gasteiger partial charge in [0.05, 0.1) is 18.5 Å². The molecule has 0 heterocycles. The van der Waals surface area contributed by atoms with Crippen molar-refractivity contribution in [1.29, 1.82) is 0 Å². The highest BCUT2D eigenvalue weighted by atomic mass is 35.5. The molecular formula is C10H8ClNO5. The van der Waals surface area contributed by atoms with E-state index in [4.69, 9.17) is 11.6 Å². The summed E-state index contributed by atoms with van der Waals surface area (Å²) in [5.74, 6) is -0.593. The predicted molar refractivity (Wildman–Crippen MR) is 59.2 cm³/mol. The average molecular weight is 258 g/mol. The van der Waals surface area contributed by atoms with Crippen molar-refractivity contribution in [3.05, 3.63) is 38.4 Å². The molecule has 0 aliphatic heterocycles. The zero-order valence-electron chi connectivity index (χ0n) is 8.81. The molecular weight excluding hydrogens is 250 g/mol. The van der Waals surface area contributed by atoms with Gasteiger partial charge in [0.2, 0.25) is 0 Å². The van der Waals surface area contributed by atoms with Crippen LogP contribution in [-0.2, 0) is 16.0 Å². The van der Waals surface area contributed by atoms with E-state index in [2.05, 4.69) is 4.74 Å². The molecule has 17 heavy (non-hydrogen) atoms.